The van der Waals surface area contributed by atoms with Gasteiger partial charge in [-0.3, -0.25) is 8.37 Å². The SMILES string of the molecule is O=S(OCCc1ccccc1F)OCCc1ccccc1F. The number of benzene rings is 2. The molecule has 3 nitrogen and oxygen atoms in total. The molecule has 0 N–H and O–H groups in total. The topological polar surface area (TPSA) is 35.5 Å². The lowest BCUT2D eigenvalue weighted by molar-refractivity contribution is 0.252. The maximum Gasteiger partial charge on any atom is 0.304 e. The highest BCUT2D eigenvalue weighted by Crippen LogP contribution is 2.09. The first-order valence-corrected chi connectivity index (χ1v) is 7.82. The monoisotopic (exact) mass is 326 g/mol. The number of hydrogen-bond donors (Lipinski definition) is 0. The predicted molar refractivity (Wildman–Crippen MR) is 80.3 cm³/mol. The normalized spacial score (nSPS) is 11.0. The van der Waals surface area contributed by atoms with Gasteiger partial charge in [0.05, 0.1) is 13.2 Å². The third-order valence-electron chi connectivity index (χ3n) is 3.02. The molecule has 22 heavy (non-hydrogen) atoms. The fourth-order valence-electron chi connectivity index (χ4n) is 1.88. The van der Waals surface area contributed by atoms with E-state index in [1.54, 1.807) is 36.4 Å². The second kappa shape index (κ2) is 8.73. The van der Waals surface area contributed by atoms with Crippen molar-refractivity contribution in [1.82, 2.24) is 0 Å². The molecule has 0 unspecified atom stereocenters. The van der Waals surface area contributed by atoms with E-state index in [0.717, 1.165) is 0 Å². The maximum atomic E-state index is 13.3. The van der Waals surface area contributed by atoms with Crippen molar-refractivity contribution in [2.24, 2.45) is 0 Å². The second-order valence-electron chi connectivity index (χ2n) is 4.53. The van der Waals surface area contributed by atoms with Crippen LogP contribution in [0.25, 0.3) is 0 Å². The van der Waals surface area contributed by atoms with Crippen LogP contribution < -0.4 is 0 Å². The largest absolute Gasteiger partial charge is 0.304 e. The molecule has 2 aromatic carbocycles. The highest BCUT2D eigenvalue weighted by molar-refractivity contribution is 7.75. The van der Waals surface area contributed by atoms with Gasteiger partial charge in [0.15, 0.2) is 0 Å². The molecule has 0 aliphatic carbocycles. The molecule has 6 heteroatoms. The molecule has 118 valence electrons. The molecule has 0 bridgehead atoms. The average molecular weight is 326 g/mol. The molecule has 0 fully saturated rings. The van der Waals surface area contributed by atoms with E-state index in [9.17, 15) is 13.0 Å². The second-order valence-corrected chi connectivity index (χ2v) is 5.41. The third kappa shape index (κ3) is 5.29. The van der Waals surface area contributed by atoms with E-state index in [2.05, 4.69) is 0 Å². The van der Waals surface area contributed by atoms with Crippen LogP contribution in [0.2, 0.25) is 0 Å². The summed E-state index contributed by atoms with van der Waals surface area (Å²) in [5.74, 6) is -0.644. The summed E-state index contributed by atoms with van der Waals surface area (Å²) < 4.78 is 48.1. The van der Waals surface area contributed by atoms with E-state index < -0.39 is 11.4 Å². The maximum absolute atomic E-state index is 13.3. The van der Waals surface area contributed by atoms with Gasteiger partial charge in [-0.1, -0.05) is 36.4 Å². The van der Waals surface area contributed by atoms with Crippen LogP contribution in [0, 0.1) is 11.6 Å². The fraction of sp³-hybridized carbons (Fsp3) is 0.250. The van der Waals surface area contributed by atoms with Crippen LogP contribution in [-0.4, -0.2) is 17.4 Å². The number of rotatable bonds is 8. The Hall–Kier alpha value is -1.63. The van der Waals surface area contributed by atoms with Crippen molar-refractivity contribution >= 4 is 11.4 Å². The van der Waals surface area contributed by atoms with Gasteiger partial charge in [-0.15, -0.1) is 0 Å². The highest BCUT2D eigenvalue weighted by Gasteiger charge is 2.06. The molecule has 2 rings (SSSR count). The van der Waals surface area contributed by atoms with Crippen molar-refractivity contribution in [2.75, 3.05) is 13.2 Å². The molecule has 0 saturated carbocycles. The van der Waals surface area contributed by atoms with Crippen LogP contribution in [-0.2, 0) is 32.6 Å². The molecule has 0 amide bonds. The van der Waals surface area contributed by atoms with Gasteiger partial charge >= 0.3 is 11.4 Å². The summed E-state index contributed by atoms with van der Waals surface area (Å²) in [5, 5.41) is 0. The minimum Gasteiger partial charge on any atom is -0.268 e. The van der Waals surface area contributed by atoms with Gasteiger partial charge in [0.1, 0.15) is 11.6 Å². The standard InChI is InChI=1S/C16H16F2O3S/c17-15-7-3-1-5-13(15)9-11-20-22(19)21-12-10-14-6-2-4-8-16(14)18/h1-8H,9-12H2. The Kier molecular flexibility index (Phi) is 6.64. The van der Waals surface area contributed by atoms with Crippen LogP contribution in [0.1, 0.15) is 11.1 Å². The number of hydrogen-bond acceptors (Lipinski definition) is 3. The van der Waals surface area contributed by atoms with E-state index in [4.69, 9.17) is 8.37 Å². The van der Waals surface area contributed by atoms with Gasteiger partial charge in [-0.2, -0.15) is 4.21 Å². The van der Waals surface area contributed by atoms with Crippen LogP contribution in [0.15, 0.2) is 48.5 Å². The summed E-state index contributed by atoms with van der Waals surface area (Å²) >= 11 is -1.93. The van der Waals surface area contributed by atoms with Crippen molar-refractivity contribution in [2.45, 2.75) is 12.8 Å². The van der Waals surface area contributed by atoms with Crippen molar-refractivity contribution < 1.29 is 21.4 Å². The van der Waals surface area contributed by atoms with E-state index in [1.165, 1.54) is 12.1 Å². The van der Waals surface area contributed by atoms with Crippen molar-refractivity contribution in [1.29, 1.82) is 0 Å². The Morgan fingerprint density at radius 2 is 1.18 bits per heavy atom. The predicted octanol–water partition coefficient (Wildman–Crippen LogP) is 3.36. The van der Waals surface area contributed by atoms with Gasteiger partial charge < -0.3 is 0 Å². The molecule has 2 aromatic rings. The van der Waals surface area contributed by atoms with Crippen molar-refractivity contribution in [3.8, 4) is 0 Å². The van der Waals surface area contributed by atoms with Crippen LogP contribution >= 0.6 is 0 Å². The van der Waals surface area contributed by atoms with Crippen molar-refractivity contribution in [3.05, 3.63) is 71.3 Å². The zero-order valence-electron chi connectivity index (χ0n) is 11.8. The summed E-state index contributed by atoms with van der Waals surface area (Å²) in [5.41, 5.74) is 0.983. The van der Waals surface area contributed by atoms with E-state index in [0.29, 0.717) is 24.0 Å². The first-order valence-electron chi connectivity index (χ1n) is 6.82. The summed E-state index contributed by atoms with van der Waals surface area (Å²) in [6, 6.07) is 12.6. The lowest BCUT2D eigenvalue weighted by Gasteiger charge is -2.06. The first kappa shape index (κ1) is 16.7. The first-order chi connectivity index (χ1) is 10.7. The summed E-state index contributed by atoms with van der Waals surface area (Å²) in [4.78, 5) is 0. The Balaban J connectivity index is 1.66. The van der Waals surface area contributed by atoms with Gasteiger partial charge in [0.25, 0.3) is 0 Å². The van der Waals surface area contributed by atoms with E-state index >= 15 is 0 Å². The minimum absolute atomic E-state index is 0.0766. The molecule has 0 atom stereocenters. The molecule has 0 aliphatic heterocycles. The quantitative estimate of drug-likeness (QED) is 0.746. The van der Waals surface area contributed by atoms with Crippen LogP contribution in [0.4, 0.5) is 8.78 Å². The van der Waals surface area contributed by atoms with E-state index in [1.807, 2.05) is 0 Å². The zero-order valence-corrected chi connectivity index (χ0v) is 12.7. The molecule has 0 aromatic heterocycles. The highest BCUT2D eigenvalue weighted by atomic mass is 32.2. The van der Waals surface area contributed by atoms with Gasteiger partial charge in [-0.05, 0) is 23.3 Å². The van der Waals surface area contributed by atoms with Crippen LogP contribution in [0.5, 0.6) is 0 Å². The third-order valence-corrected chi connectivity index (χ3v) is 3.74. The Morgan fingerprint density at radius 1 is 0.773 bits per heavy atom. The van der Waals surface area contributed by atoms with Crippen LogP contribution in [0.3, 0.4) is 0 Å². The zero-order chi connectivity index (χ0) is 15.8. The molecule has 0 saturated heterocycles. The fourth-order valence-corrected chi connectivity index (χ4v) is 2.38. The Bertz CT molecular complexity index is 581. The summed E-state index contributed by atoms with van der Waals surface area (Å²) in [6.07, 6.45) is 0.601. The summed E-state index contributed by atoms with van der Waals surface area (Å²) in [7, 11) is 0. The van der Waals surface area contributed by atoms with Gasteiger partial charge in [0, 0.05) is 12.8 Å². The molecular formula is C16H16F2O3S. The minimum atomic E-state index is -1.93. The molecular weight excluding hydrogens is 310 g/mol. The molecule has 0 radical (unpaired) electrons. The average Bonchev–Trinajstić information content (AvgIpc) is 2.51. The Morgan fingerprint density at radius 3 is 1.59 bits per heavy atom. The smallest absolute Gasteiger partial charge is 0.268 e. The molecule has 0 spiro atoms. The van der Waals surface area contributed by atoms with E-state index in [-0.39, 0.29) is 24.8 Å². The van der Waals surface area contributed by atoms with Gasteiger partial charge in [-0.25, -0.2) is 8.78 Å². The molecule has 0 heterocycles. The summed E-state index contributed by atoms with van der Waals surface area (Å²) in [6.45, 7) is 0.153. The van der Waals surface area contributed by atoms with Crippen molar-refractivity contribution in [3.63, 3.8) is 0 Å². The van der Waals surface area contributed by atoms with Gasteiger partial charge in [0.2, 0.25) is 0 Å². The molecule has 0 aliphatic rings. The Labute approximate surface area is 130 Å². The number of halogens is 2. The lowest BCUT2D eigenvalue weighted by atomic mass is 10.1. The lowest BCUT2D eigenvalue weighted by Crippen LogP contribution is -2.08.